The Balaban J connectivity index is 1.82. The van der Waals surface area contributed by atoms with Crippen molar-refractivity contribution in [1.29, 1.82) is 0 Å². The van der Waals surface area contributed by atoms with Crippen molar-refractivity contribution in [2.24, 2.45) is 0 Å². The van der Waals surface area contributed by atoms with Crippen LogP contribution in [0.1, 0.15) is 57.4 Å². The van der Waals surface area contributed by atoms with Crippen molar-refractivity contribution >= 4 is 5.91 Å². The van der Waals surface area contributed by atoms with Crippen LogP contribution in [-0.4, -0.2) is 32.2 Å². The van der Waals surface area contributed by atoms with Crippen molar-refractivity contribution < 1.29 is 14.3 Å². The summed E-state index contributed by atoms with van der Waals surface area (Å²) in [5, 5.41) is 6.51. The highest BCUT2D eigenvalue weighted by atomic mass is 16.5. The maximum atomic E-state index is 12.4. The van der Waals surface area contributed by atoms with E-state index in [2.05, 4.69) is 10.6 Å². The molecule has 2 N–H and O–H groups in total. The fourth-order valence-electron chi connectivity index (χ4n) is 3.38. The van der Waals surface area contributed by atoms with Gasteiger partial charge in [-0.1, -0.05) is 38.2 Å². The lowest BCUT2D eigenvalue weighted by molar-refractivity contribution is -0.123. The molecule has 140 valence electrons. The number of amides is 1. The molecule has 1 aromatic carbocycles. The van der Waals surface area contributed by atoms with Gasteiger partial charge in [-0.15, -0.1) is 0 Å². The van der Waals surface area contributed by atoms with E-state index in [0.29, 0.717) is 24.1 Å². The van der Waals surface area contributed by atoms with Crippen LogP contribution in [0.2, 0.25) is 0 Å². The zero-order valence-electron chi connectivity index (χ0n) is 15.8. The van der Waals surface area contributed by atoms with Gasteiger partial charge in [-0.25, -0.2) is 0 Å². The Bertz CT molecular complexity index is 540. The number of methoxy groups -OCH3 is 2. The predicted molar refractivity (Wildman–Crippen MR) is 100 cm³/mol. The second kappa shape index (κ2) is 10.3. The number of benzene rings is 1. The Morgan fingerprint density at radius 2 is 1.72 bits per heavy atom. The lowest BCUT2D eigenvalue weighted by atomic mass is 9.96. The molecule has 5 heteroatoms. The number of ether oxygens (including phenoxy) is 2. The molecule has 1 aliphatic carbocycles. The second-order valence-electron chi connectivity index (χ2n) is 6.84. The van der Waals surface area contributed by atoms with Gasteiger partial charge >= 0.3 is 0 Å². The smallest absolute Gasteiger partial charge is 0.237 e. The first kappa shape index (κ1) is 19.6. The summed E-state index contributed by atoms with van der Waals surface area (Å²) in [6, 6.07) is 5.98. The van der Waals surface area contributed by atoms with E-state index in [4.69, 9.17) is 9.47 Å². The molecule has 25 heavy (non-hydrogen) atoms. The quantitative estimate of drug-likeness (QED) is 0.793. The average Bonchev–Trinajstić information content (AvgIpc) is 2.61. The predicted octanol–water partition coefficient (Wildman–Crippen LogP) is 3.41. The second-order valence-corrected chi connectivity index (χ2v) is 6.84. The lowest BCUT2D eigenvalue weighted by Gasteiger charge is -2.24. The molecule has 1 fully saturated rings. The molecule has 0 unspecified atom stereocenters. The fourth-order valence-corrected chi connectivity index (χ4v) is 3.38. The van der Waals surface area contributed by atoms with Crippen molar-refractivity contribution in [2.45, 2.75) is 70.5 Å². The lowest BCUT2D eigenvalue weighted by Crippen LogP contribution is -2.46. The van der Waals surface area contributed by atoms with Crippen LogP contribution in [0.5, 0.6) is 11.5 Å². The molecule has 1 amide bonds. The largest absolute Gasteiger partial charge is 0.493 e. The van der Waals surface area contributed by atoms with Crippen molar-refractivity contribution in [3.8, 4) is 11.5 Å². The van der Waals surface area contributed by atoms with Gasteiger partial charge < -0.3 is 20.1 Å². The first-order chi connectivity index (χ1) is 12.1. The molecule has 1 aromatic rings. The van der Waals surface area contributed by atoms with Gasteiger partial charge in [0, 0.05) is 12.6 Å². The van der Waals surface area contributed by atoms with Gasteiger partial charge in [0.25, 0.3) is 0 Å². The van der Waals surface area contributed by atoms with E-state index in [1.54, 1.807) is 14.2 Å². The van der Waals surface area contributed by atoms with Gasteiger partial charge in [0.1, 0.15) is 0 Å². The van der Waals surface area contributed by atoms with Gasteiger partial charge in [-0.05, 0) is 37.5 Å². The van der Waals surface area contributed by atoms with E-state index in [9.17, 15) is 4.79 Å². The number of rotatable bonds is 7. The number of hydrogen-bond acceptors (Lipinski definition) is 4. The Hall–Kier alpha value is -1.75. The molecule has 1 atom stereocenters. The molecule has 0 radical (unpaired) electrons. The fraction of sp³-hybridized carbons (Fsp3) is 0.650. The topological polar surface area (TPSA) is 59.6 Å². The third-order valence-electron chi connectivity index (χ3n) is 4.90. The highest BCUT2D eigenvalue weighted by molar-refractivity contribution is 5.81. The van der Waals surface area contributed by atoms with Crippen LogP contribution in [0.3, 0.4) is 0 Å². The summed E-state index contributed by atoms with van der Waals surface area (Å²) in [7, 11) is 3.23. The molecule has 0 saturated heterocycles. The molecule has 0 aromatic heterocycles. The van der Waals surface area contributed by atoms with Crippen molar-refractivity contribution in [1.82, 2.24) is 10.6 Å². The molecular formula is C20H32N2O3. The van der Waals surface area contributed by atoms with E-state index < -0.39 is 0 Å². The summed E-state index contributed by atoms with van der Waals surface area (Å²) < 4.78 is 10.5. The van der Waals surface area contributed by atoms with E-state index in [1.165, 1.54) is 44.9 Å². The molecule has 1 aliphatic rings. The van der Waals surface area contributed by atoms with Crippen LogP contribution in [0.25, 0.3) is 0 Å². The molecule has 1 saturated carbocycles. The van der Waals surface area contributed by atoms with E-state index in [0.717, 1.165) is 5.56 Å². The highest BCUT2D eigenvalue weighted by Crippen LogP contribution is 2.27. The number of nitrogens with one attached hydrogen (secondary N) is 2. The standard InChI is InChI=1S/C20H32N2O3/c1-15(22-17-9-7-5-4-6-8-10-17)20(23)21-14-16-11-12-18(24-2)19(13-16)25-3/h11-13,15,17,22H,4-10,14H2,1-3H3,(H,21,23)/t15-/m1/s1. The first-order valence-electron chi connectivity index (χ1n) is 9.38. The van der Waals surface area contributed by atoms with Crippen LogP contribution < -0.4 is 20.1 Å². The van der Waals surface area contributed by atoms with Crippen LogP contribution >= 0.6 is 0 Å². The minimum absolute atomic E-state index is 0.0387. The summed E-state index contributed by atoms with van der Waals surface area (Å²) in [5.74, 6) is 1.41. The van der Waals surface area contributed by atoms with Crippen molar-refractivity contribution in [3.05, 3.63) is 23.8 Å². The SMILES string of the molecule is COc1ccc(CNC(=O)[C@@H](C)NC2CCCCCCC2)cc1OC. The Labute approximate surface area is 151 Å². The first-order valence-corrected chi connectivity index (χ1v) is 9.38. The molecule has 5 nitrogen and oxygen atoms in total. The van der Waals surface area contributed by atoms with Gasteiger partial charge in [-0.3, -0.25) is 4.79 Å². The van der Waals surface area contributed by atoms with E-state index >= 15 is 0 Å². The van der Waals surface area contributed by atoms with Gasteiger partial charge in [0.05, 0.1) is 20.3 Å². The van der Waals surface area contributed by atoms with Crippen molar-refractivity contribution in [2.75, 3.05) is 14.2 Å². The highest BCUT2D eigenvalue weighted by Gasteiger charge is 2.18. The summed E-state index contributed by atoms with van der Waals surface area (Å²) in [5.41, 5.74) is 0.990. The van der Waals surface area contributed by atoms with Gasteiger partial charge in [0.15, 0.2) is 11.5 Å². The van der Waals surface area contributed by atoms with E-state index in [1.807, 2.05) is 25.1 Å². The number of hydrogen-bond donors (Lipinski definition) is 2. The van der Waals surface area contributed by atoms with Gasteiger partial charge in [-0.2, -0.15) is 0 Å². The molecule has 0 heterocycles. The number of carbonyl (C=O) groups is 1. The van der Waals surface area contributed by atoms with Crippen LogP contribution in [0.4, 0.5) is 0 Å². The molecule has 0 spiro atoms. The third kappa shape index (κ3) is 6.24. The summed E-state index contributed by atoms with van der Waals surface area (Å²) >= 11 is 0. The summed E-state index contributed by atoms with van der Waals surface area (Å²) in [4.78, 5) is 12.4. The molecule has 0 aliphatic heterocycles. The minimum atomic E-state index is -0.176. The Morgan fingerprint density at radius 1 is 1.08 bits per heavy atom. The normalized spacial score (nSPS) is 17.2. The summed E-state index contributed by atoms with van der Waals surface area (Å²) in [6.45, 7) is 2.43. The Kier molecular flexibility index (Phi) is 8.06. The van der Waals surface area contributed by atoms with Crippen LogP contribution in [-0.2, 0) is 11.3 Å². The zero-order valence-corrected chi connectivity index (χ0v) is 15.8. The number of carbonyl (C=O) groups excluding carboxylic acids is 1. The average molecular weight is 348 g/mol. The van der Waals surface area contributed by atoms with Crippen molar-refractivity contribution in [3.63, 3.8) is 0 Å². The van der Waals surface area contributed by atoms with Gasteiger partial charge in [0.2, 0.25) is 5.91 Å². The minimum Gasteiger partial charge on any atom is -0.493 e. The molecule has 2 rings (SSSR count). The monoisotopic (exact) mass is 348 g/mol. The maximum Gasteiger partial charge on any atom is 0.237 e. The third-order valence-corrected chi connectivity index (χ3v) is 4.90. The molecule has 0 bridgehead atoms. The Morgan fingerprint density at radius 3 is 2.36 bits per heavy atom. The van der Waals surface area contributed by atoms with Crippen LogP contribution in [0.15, 0.2) is 18.2 Å². The van der Waals surface area contributed by atoms with E-state index in [-0.39, 0.29) is 11.9 Å². The maximum absolute atomic E-state index is 12.4. The summed E-state index contributed by atoms with van der Waals surface area (Å²) in [6.07, 6.45) is 8.86. The molecular weight excluding hydrogens is 316 g/mol. The zero-order chi connectivity index (χ0) is 18.1. The van der Waals surface area contributed by atoms with Crippen LogP contribution in [0, 0.1) is 0 Å².